The number of likely N-dealkylation sites (tertiary alicyclic amines) is 1. The number of rotatable bonds is 3. The predicted molar refractivity (Wildman–Crippen MR) is 96.3 cm³/mol. The maximum atomic E-state index is 12.9. The van der Waals surface area contributed by atoms with Gasteiger partial charge in [-0.3, -0.25) is 9.59 Å². The van der Waals surface area contributed by atoms with E-state index in [-0.39, 0.29) is 17.8 Å². The number of fused-ring (bicyclic) bond motifs is 1. The van der Waals surface area contributed by atoms with Crippen molar-refractivity contribution < 1.29 is 23.5 Å². The predicted octanol–water partition coefficient (Wildman–Crippen LogP) is 1.32. The number of hydrogen-bond donors (Lipinski definition) is 2. The monoisotopic (exact) mass is 376 g/mol. The Morgan fingerprint density at radius 3 is 2.59 bits per heavy atom. The number of aryl methyl sites for hydroxylation is 1. The first kappa shape index (κ1) is 18.9. The first-order chi connectivity index (χ1) is 12.9. The van der Waals surface area contributed by atoms with E-state index in [9.17, 15) is 14.4 Å². The van der Waals surface area contributed by atoms with Gasteiger partial charge in [-0.05, 0) is 32.6 Å². The van der Waals surface area contributed by atoms with Gasteiger partial charge in [-0.2, -0.15) is 5.10 Å². The molecule has 0 saturated carbocycles. The highest BCUT2D eigenvalue weighted by molar-refractivity contribution is 6.06. The van der Waals surface area contributed by atoms with Crippen molar-refractivity contribution in [3.05, 3.63) is 22.6 Å². The molecule has 3 N–H and O–H groups in total. The zero-order valence-corrected chi connectivity index (χ0v) is 15.5. The van der Waals surface area contributed by atoms with Gasteiger partial charge < -0.3 is 19.8 Å². The standard InChI is InChI=1S/C18H24N4O5/c1-10-14-12(20-21-18(19)25)4-3-5-13(14)27-15(10)16(23)22-8-6-11(7-9-22)17(24)26-2/h11H,3-9H2,1-2H3,(H3,19,21,25)/b20-12+. The lowest BCUT2D eigenvalue weighted by Crippen LogP contribution is -2.40. The molecule has 27 heavy (non-hydrogen) atoms. The molecule has 0 atom stereocenters. The van der Waals surface area contributed by atoms with Gasteiger partial charge in [0.1, 0.15) is 5.76 Å². The van der Waals surface area contributed by atoms with E-state index in [1.54, 1.807) is 4.90 Å². The maximum absolute atomic E-state index is 12.9. The molecule has 2 heterocycles. The number of ether oxygens (including phenoxy) is 1. The second kappa shape index (κ2) is 7.81. The molecule has 3 rings (SSSR count). The van der Waals surface area contributed by atoms with Gasteiger partial charge in [0, 0.05) is 30.6 Å². The molecule has 3 amide bonds. The molecule has 1 aliphatic carbocycles. The number of furan rings is 1. The van der Waals surface area contributed by atoms with Gasteiger partial charge in [-0.25, -0.2) is 10.2 Å². The van der Waals surface area contributed by atoms with Crippen LogP contribution < -0.4 is 11.2 Å². The minimum absolute atomic E-state index is 0.163. The van der Waals surface area contributed by atoms with Gasteiger partial charge in [0.2, 0.25) is 0 Å². The van der Waals surface area contributed by atoms with Gasteiger partial charge in [0.05, 0.1) is 18.7 Å². The summed E-state index contributed by atoms with van der Waals surface area (Å²) in [6.07, 6.45) is 3.35. The molecule has 0 spiro atoms. The number of hydrogen-bond acceptors (Lipinski definition) is 6. The number of nitrogens with two attached hydrogens (primary N) is 1. The van der Waals surface area contributed by atoms with Gasteiger partial charge >= 0.3 is 12.0 Å². The van der Waals surface area contributed by atoms with Crippen LogP contribution >= 0.6 is 0 Å². The van der Waals surface area contributed by atoms with Crippen LogP contribution in [-0.4, -0.2) is 48.7 Å². The van der Waals surface area contributed by atoms with Crippen LogP contribution in [0.4, 0.5) is 4.79 Å². The van der Waals surface area contributed by atoms with Crippen molar-refractivity contribution in [1.82, 2.24) is 10.3 Å². The van der Waals surface area contributed by atoms with E-state index >= 15 is 0 Å². The van der Waals surface area contributed by atoms with Gasteiger partial charge in [-0.15, -0.1) is 0 Å². The SMILES string of the molecule is COC(=O)C1CCN(C(=O)c2oc3c(c2C)/C(=N/NC(N)=O)CCC3)CC1. The largest absolute Gasteiger partial charge is 0.469 e. The summed E-state index contributed by atoms with van der Waals surface area (Å²) in [7, 11) is 1.38. The van der Waals surface area contributed by atoms with Crippen LogP contribution in [0.5, 0.6) is 0 Å². The molecule has 0 radical (unpaired) electrons. The Hall–Kier alpha value is -2.84. The molecule has 1 aliphatic heterocycles. The van der Waals surface area contributed by atoms with Crippen molar-refractivity contribution in [3.63, 3.8) is 0 Å². The van der Waals surface area contributed by atoms with E-state index < -0.39 is 6.03 Å². The van der Waals surface area contributed by atoms with E-state index in [0.29, 0.717) is 56.0 Å². The molecule has 1 aromatic rings. The number of nitrogens with zero attached hydrogens (tertiary/aromatic N) is 2. The number of nitrogens with one attached hydrogen (secondary N) is 1. The third-order valence-corrected chi connectivity index (χ3v) is 5.14. The van der Waals surface area contributed by atoms with Crippen molar-refractivity contribution in [3.8, 4) is 0 Å². The number of hydrazone groups is 1. The van der Waals surface area contributed by atoms with Gasteiger partial charge in [0.15, 0.2) is 5.76 Å². The normalized spacial score (nSPS) is 18.9. The molecular weight excluding hydrogens is 352 g/mol. The number of carbonyl (C=O) groups excluding carboxylic acids is 3. The lowest BCUT2D eigenvalue weighted by Gasteiger charge is -2.30. The number of amides is 3. The molecule has 0 aromatic carbocycles. The third-order valence-electron chi connectivity index (χ3n) is 5.14. The first-order valence-electron chi connectivity index (χ1n) is 9.04. The molecule has 2 aliphatic rings. The van der Waals surface area contributed by atoms with Crippen molar-refractivity contribution in [2.75, 3.05) is 20.2 Å². The molecule has 1 fully saturated rings. The highest BCUT2D eigenvalue weighted by atomic mass is 16.5. The number of carbonyl (C=O) groups is 3. The average Bonchev–Trinajstić information content (AvgIpc) is 3.02. The summed E-state index contributed by atoms with van der Waals surface area (Å²) < 4.78 is 10.7. The Morgan fingerprint density at radius 2 is 1.96 bits per heavy atom. The van der Waals surface area contributed by atoms with Crippen LogP contribution in [0.3, 0.4) is 0 Å². The van der Waals surface area contributed by atoms with Crippen LogP contribution in [-0.2, 0) is 16.0 Å². The second-order valence-corrected chi connectivity index (χ2v) is 6.83. The molecule has 1 aromatic heterocycles. The first-order valence-corrected chi connectivity index (χ1v) is 9.04. The smallest absolute Gasteiger partial charge is 0.332 e. The number of esters is 1. The minimum Gasteiger partial charge on any atom is -0.469 e. The van der Waals surface area contributed by atoms with Crippen LogP contribution in [0.15, 0.2) is 9.52 Å². The zero-order chi connectivity index (χ0) is 19.6. The number of primary amides is 1. The Kier molecular flexibility index (Phi) is 5.48. The summed E-state index contributed by atoms with van der Waals surface area (Å²) in [4.78, 5) is 37.2. The maximum Gasteiger partial charge on any atom is 0.332 e. The van der Waals surface area contributed by atoms with E-state index in [1.807, 2.05) is 6.92 Å². The number of methoxy groups -OCH3 is 1. The van der Waals surface area contributed by atoms with Crippen LogP contribution in [0, 0.1) is 12.8 Å². The Morgan fingerprint density at radius 1 is 1.26 bits per heavy atom. The second-order valence-electron chi connectivity index (χ2n) is 6.83. The van der Waals surface area contributed by atoms with Crippen molar-refractivity contribution in [1.29, 1.82) is 0 Å². The molecule has 146 valence electrons. The fraction of sp³-hybridized carbons (Fsp3) is 0.556. The summed E-state index contributed by atoms with van der Waals surface area (Å²) in [6.45, 7) is 2.78. The molecule has 1 saturated heterocycles. The van der Waals surface area contributed by atoms with E-state index in [0.717, 1.165) is 17.5 Å². The van der Waals surface area contributed by atoms with Crippen molar-refractivity contribution >= 4 is 23.6 Å². The highest BCUT2D eigenvalue weighted by Crippen LogP contribution is 2.31. The number of urea groups is 1. The van der Waals surface area contributed by atoms with E-state index in [1.165, 1.54) is 7.11 Å². The van der Waals surface area contributed by atoms with E-state index in [4.69, 9.17) is 14.9 Å². The Balaban J connectivity index is 1.78. The van der Waals surface area contributed by atoms with Crippen molar-refractivity contribution in [2.24, 2.45) is 16.8 Å². The topological polar surface area (TPSA) is 127 Å². The highest BCUT2D eigenvalue weighted by Gasteiger charge is 2.33. The van der Waals surface area contributed by atoms with Gasteiger partial charge in [-0.1, -0.05) is 0 Å². The zero-order valence-electron chi connectivity index (χ0n) is 15.5. The molecule has 0 unspecified atom stereocenters. The van der Waals surface area contributed by atoms with Crippen LogP contribution in [0.2, 0.25) is 0 Å². The molecular formula is C18H24N4O5. The van der Waals surface area contributed by atoms with Gasteiger partial charge in [0.25, 0.3) is 5.91 Å². The summed E-state index contributed by atoms with van der Waals surface area (Å²) in [6, 6.07) is -0.736. The van der Waals surface area contributed by atoms with Crippen LogP contribution in [0.25, 0.3) is 0 Å². The third kappa shape index (κ3) is 3.81. The summed E-state index contributed by atoms with van der Waals surface area (Å²) in [5.74, 6) is 0.423. The fourth-order valence-corrected chi connectivity index (χ4v) is 3.74. The molecule has 0 bridgehead atoms. The fourth-order valence-electron chi connectivity index (χ4n) is 3.74. The average molecular weight is 376 g/mol. The summed E-state index contributed by atoms with van der Waals surface area (Å²) >= 11 is 0. The van der Waals surface area contributed by atoms with Crippen LogP contribution in [0.1, 0.15) is 53.1 Å². The molecule has 9 heteroatoms. The number of piperidine rings is 1. The Labute approximate surface area is 156 Å². The minimum atomic E-state index is -0.736. The lowest BCUT2D eigenvalue weighted by atomic mass is 9.93. The quantitative estimate of drug-likeness (QED) is 0.607. The van der Waals surface area contributed by atoms with E-state index in [2.05, 4.69) is 10.5 Å². The lowest BCUT2D eigenvalue weighted by molar-refractivity contribution is -0.146. The summed E-state index contributed by atoms with van der Waals surface area (Å²) in [5.41, 5.74) is 9.50. The molecule has 9 nitrogen and oxygen atoms in total. The summed E-state index contributed by atoms with van der Waals surface area (Å²) in [5, 5.41) is 4.06. The Bertz CT molecular complexity index is 790. The van der Waals surface area contributed by atoms with Crippen molar-refractivity contribution in [2.45, 2.75) is 39.0 Å².